The van der Waals surface area contributed by atoms with Gasteiger partial charge in [-0.05, 0) is 19.1 Å². The van der Waals surface area contributed by atoms with E-state index in [1.54, 1.807) is 25.8 Å². The Bertz CT molecular complexity index is 328. The average Bonchev–Trinajstić information content (AvgIpc) is 2.21. The van der Waals surface area contributed by atoms with Gasteiger partial charge in [0, 0.05) is 10.1 Å². The van der Waals surface area contributed by atoms with Crippen molar-refractivity contribution in [3.8, 4) is 5.75 Å². The van der Waals surface area contributed by atoms with Gasteiger partial charge in [-0.3, -0.25) is 0 Å². The average molecular weight is 227 g/mol. The summed E-state index contributed by atoms with van der Waals surface area (Å²) in [5, 5.41) is 9.52. The standard InChI is InChI=1S/C11H17NO2S/c1-7(13)8(2)15-10-6-4-5-9(14-3)11(10)12/h4-8,13H,12H2,1-3H3. The zero-order valence-electron chi connectivity index (χ0n) is 9.23. The molecule has 0 aliphatic heterocycles. The Morgan fingerprint density at radius 3 is 2.60 bits per heavy atom. The Kier molecular flexibility index (Phi) is 4.29. The molecule has 3 nitrogen and oxygen atoms in total. The van der Waals surface area contributed by atoms with Crippen LogP contribution in [0.3, 0.4) is 0 Å². The highest BCUT2D eigenvalue weighted by Crippen LogP contribution is 2.35. The minimum Gasteiger partial charge on any atom is -0.495 e. The monoisotopic (exact) mass is 227 g/mol. The quantitative estimate of drug-likeness (QED) is 0.611. The van der Waals surface area contributed by atoms with E-state index in [-0.39, 0.29) is 11.4 Å². The summed E-state index contributed by atoms with van der Waals surface area (Å²) in [6.07, 6.45) is -0.361. The third-order valence-corrected chi connectivity index (χ3v) is 3.61. The number of rotatable bonds is 4. The van der Waals surface area contributed by atoms with E-state index in [1.807, 2.05) is 25.1 Å². The van der Waals surface area contributed by atoms with Gasteiger partial charge in [-0.2, -0.15) is 0 Å². The zero-order chi connectivity index (χ0) is 11.4. The van der Waals surface area contributed by atoms with E-state index in [2.05, 4.69) is 0 Å². The van der Waals surface area contributed by atoms with Crippen LogP contribution < -0.4 is 10.5 Å². The number of nitrogens with two attached hydrogens (primary N) is 1. The molecule has 0 heterocycles. The van der Waals surface area contributed by atoms with Gasteiger partial charge >= 0.3 is 0 Å². The molecule has 0 radical (unpaired) electrons. The van der Waals surface area contributed by atoms with Gasteiger partial charge in [0.05, 0.1) is 18.9 Å². The minimum atomic E-state index is -0.361. The maximum Gasteiger partial charge on any atom is 0.142 e. The molecule has 0 bridgehead atoms. The van der Waals surface area contributed by atoms with Gasteiger partial charge < -0.3 is 15.6 Å². The number of thioether (sulfide) groups is 1. The lowest BCUT2D eigenvalue weighted by molar-refractivity contribution is 0.196. The molecule has 84 valence electrons. The molecule has 2 atom stereocenters. The van der Waals surface area contributed by atoms with Crippen molar-refractivity contribution >= 4 is 17.4 Å². The van der Waals surface area contributed by atoms with E-state index in [1.165, 1.54) is 0 Å². The Morgan fingerprint density at radius 1 is 1.40 bits per heavy atom. The van der Waals surface area contributed by atoms with E-state index in [0.29, 0.717) is 11.4 Å². The van der Waals surface area contributed by atoms with E-state index >= 15 is 0 Å². The van der Waals surface area contributed by atoms with Gasteiger partial charge in [0.1, 0.15) is 5.75 Å². The van der Waals surface area contributed by atoms with Gasteiger partial charge in [0.2, 0.25) is 0 Å². The fourth-order valence-corrected chi connectivity index (χ4v) is 2.09. The van der Waals surface area contributed by atoms with Crippen molar-refractivity contribution in [2.45, 2.75) is 30.1 Å². The van der Waals surface area contributed by atoms with Crippen LogP contribution in [0.15, 0.2) is 23.1 Å². The van der Waals surface area contributed by atoms with E-state index in [4.69, 9.17) is 10.5 Å². The number of methoxy groups -OCH3 is 1. The number of hydrogen-bond donors (Lipinski definition) is 2. The summed E-state index contributed by atoms with van der Waals surface area (Å²) in [4.78, 5) is 0.947. The molecule has 3 N–H and O–H groups in total. The van der Waals surface area contributed by atoms with Crippen LogP contribution in [0.1, 0.15) is 13.8 Å². The van der Waals surface area contributed by atoms with Gasteiger partial charge in [-0.1, -0.05) is 13.0 Å². The second kappa shape index (κ2) is 5.28. The summed E-state index contributed by atoms with van der Waals surface area (Å²) in [7, 11) is 1.60. The van der Waals surface area contributed by atoms with Crippen molar-refractivity contribution in [3.63, 3.8) is 0 Å². The molecule has 2 unspecified atom stereocenters. The first-order chi connectivity index (χ1) is 7.06. The smallest absolute Gasteiger partial charge is 0.142 e. The van der Waals surface area contributed by atoms with Gasteiger partial charge in [0.25, 0.3) is 0 Å². The van der Waals surface area contributed by atoms with Crippen molar-refractivity contribution in [1.82, 2.24) is 0 Å². The molecule has 15 heavy (non-hydrogen) atoms. The summed E-state index contributed by atoms with van der Waals surface area (Å²) in [6.45, 7) is 3.74. The van der Waals surface area contributed by atoms with Crippen LogP contribution in [-0.2, 0) is 0 Å². The number of nitrogen functional groups attached to an aromatic ring is 1. The first-order valence-corrected chi connectivity index (χ1v) is 5.71. The highest BCUT2D eigenvalue weighted by molar-refractivity contribution is 8.00. The van der Waals surface area contributed by atoms with Crippen LogP contribution in [-0.4, -0.2) is 23.6 Å². The lowest BCUT2D eigenvalue weighted by atomic mass is 10.3. The Balaban J connectivity index is 2.86. The molecule has 0 aromatic heterocycles. The van der Waals surface area contributed by atoms with Crippen LogP contribution in [0.4, 0.5) is 5.69 Å². The second-order valence-electron chi connectivity index (χ2n) is 3.44. The largest absolute Gasteiger partial charge is 0.495 e. The predicted molar refractivity (Wildman–Crippen MR) is 64.4 cm³/mol. The van der Waals surface area contributed by atoms with E-state index in [0.717, 1.165) is 4.90 Å². The Labute approximate surface area is 94.6 Å². The topological polar surface area (TPSA) is 55.5 Å². The maximum atomic E-state index is 9.41. The SMILES string of the molecule is COc1cccc(SC(C)C(C)O)c1N. The molecule has 0 spiro atoms. The first kappa shape index (κ1) is 12.2. The summed E-state index contributed by atoms with van der Waals surface area (Å²) < 4.78 is 5.13. The zero-order valence-corrected chi connectivity index (χ0v) is 10.0. The maximum absolute atomic E-state index is 9.41. The van der Waals surface area contributed by atoms with Crippen LogP contribution in [0, 0.1) is 0 Å². The van der Waals surface area contributed by atoms with E-state index < -0.39 is 0 Å². The highest BCUT2D eigenvalue weighted by Gasteiger charge is 2.13. The number of ether oxygens (including phenoxy) is 1. The molecule has 1 aromatic rings. The number of benzene rings is 1. The van der Waals surface area contributed by atoms with Crippen LogP contribution in [0.5, 0.6) is 5.75 Å². The van der Waals surface area contributed by atoms with Crippen molar-refractivity contribution < 1.29 is 9.84 Å². The van der Waals surface area contributed by atoms with Crippen LogP contribution in [0.2, 0.25) is 0 Å². The molecule has 1 aromatic carbocycles. The molecule has 0 amide bonds. The first-order valence-electron chi connectivity index (χ1n) is 4.83. The van der Waals surface area contributed by atoms with Crippen molar-refractivity contribution in [2.24, 2.45) is 0 Å². The Hall–Kier alpha value is -0.870. The molecule has 4 heteroatoms. The lowest BCUT2D eigenvalue weighted by Crippen LogP contribution is -2.15. The summed E-state index contributed by atoms with van der Waals surface area (Å²) >= 11 is 1.55. The molecule has 0 saturated carbocycles. The number of para-hydroxylation sites is 1. The molecule has 0 saturated heterocycles. The van der Waals surface area contributed by atoms with E-state index in [9.17, 15) is 5.11 Å². The van der Waals surface area contributed by atoms with Gasteiger partial charge in [-0.15, -0.1) is 11.8 Å². The fourth-order valence-electron chi connectivity index (χ4n) is 1.10. The lowest BCUT2D eigenvalue weighted by Gasteiger charge is -2.16. The number of aliphatic hydroxyl groups excluding tert-OH is 1. The fraction of sp³-hybridized carbons (Fsp3) is 0.455. The minimum absolute atomic E-state index is 0.111. The van der Waals surface area contributed by atoms with Gasteiger partial charge in [0.15, 0.2) is 0 Å². The Morgan fingerprint density at radius 2 is 2.07 bits per heavy atom. The summed E-state index contributed by atoms with van der Waals surface area (Å²) in [6, 6.07) is 5.65. The van der Waals surface area contributed by atoms with Crippen molar-refractivity contribution in [1.29, 1.82) is 0 Å². The molecular weight excluding hydrogens is 210 g/mol. The third kappa shape index (κ3) is 3.04. The normalized spacial score (nSPS) is 14.7. The molecule has 0 aliphatic carbocycles. The molecule has 0 aliphatic rings. The van der Waals surface area contributed by atoms with Crippen molar-refractivity contribution in [3.05, 3.63) is 18.2 Å². The van der Waals surface area contributed by atoms with Crippen molar-refractivity contribution in [2.75, 3.05) is 12.8 Å². The predicted octanol–water partition coefficient (Wildman–Crippen LogP) is 2.14. The molecular formula is C11H17NO2S. The highest BCUT2D eigenvalue weighted by atomic mass is 32.2. The molecule has 1 rings (SSSR count). The van der Waals surface area contributed by atoms with Crippen LogP contribution in [0.25, 0.3) is 0 Å². The number of aliphatic hydroxyl groups is 1. The third-order valence-electron chi connectivity index (χ3n) is 2.24. The second-order valence-corrected chi connectivity index (χ2v) is 4.85. The van der Waals surface area contributed by atoms with Gasteiger partial charge in [-0.25, -0.2) is 0 Å². The summed E-state index contributed by atoms with van der Waals surface area (Å²) in [5.41, 5.74) is 6.55. The number of anilines is 1. The molecule has 0 fully saturated rings. The summed E-state index contributed by atoms with van der Waals surface area (Å²) in [5.74, 6) is 0.679. The number of hydrogen-bond acceptors (Lipinski definition) is 4. The van der Waals surface area contributed by atoms with Crippen LogP contribution >= 0.6 is 11.8 Å².